The maximum atomic E-state index is 12.4. The average molecular weight is 343 g/mol. The summed E-state index contributed by atoms with van der Waals surface area (Å²) in [6.07, 6.45) is 1.09. The number of nitro groups is 1. The van der Waals surface area contributed by atoms with Crippen LogP contribution >= 0.6 is 0 Å². The smallest absolute Gasteiger partial charge is 0.286 e. The van der Waals surface area contributed by atoms with Crippen molar-refractivity contribution in [1.82, 2.24) is 4.57 Å². The predicted molar refractivity (Wildman–Crippen MR) is 96.0 cm³/mol. The van der Waals surface area contributed by atoms with Crippen molar-refractivity contribution >= 4 is 17.3 Å². The molecule has 0 saturated heterocycles. The molecule has 0 fully saturated rings. The van der Waals surface area contributed by atoms with Gasteiger partial charge in [0.1, 0.15) is 6.54 Å². The molecule has 0 aliphatic heterocycles. The van der Waals surface area contributed by atoms with Gasteiger partial charge in [0, 0.05) is 17.3 Å². The van der Waals surface area contributed by atoms with E-state index in [1.807, 2.05) is 39.0 Å². The Bertz CT molecular complexity index is 884. The fourth-order valence-corrected chi connectivity index (χ4v) is 2.66. The molecule has 0 atom stereocenters. The van der Waals surface area contributed by atoms with Crippen LogP contribution < -0.4 is 10.9 Å². The highest BCUT2D eigenvalue weighted by atomic mass is 16.6. The fraction of sp³-hybridized carbons (Fsp3) is 0.333. The Balaban J connectivity index is 2.31. The first kappa shape index (κ1) is 18.4. The number of benzene rings is 1. The van der Waals surface area contributed by atoms with Crippen molar-refractivity contribution in [3.05, 3.63) is 67.6 Å². The topological polar surface area (TPSA) is 94.2 Å². The summed E-state index contributed by atoms with van der Waals surface area (Å²) < 4.78 is 1.07. The van der Waals surface area contributed by atoms with E-state index in [0.717, 1.165) is 27.6 Å². The molecule has 0 bridgehead atoms. The molecule has 1 aromatic heterocycles. The summed E-state index contributed by atoms with van der Waals surface area (Å²) in [5, 5.41) is 13.8. The quantitative estimate of drug-likeness (QED) is 0.666. The molecule has 132 valence electrons. The Hall–Kier alpha value is -2.96. The van der Waals surface area contributed by atoms with Gasteiger partial charge in [-0.3, -0.25) is 24.3 Å². The molecule has 2 aromatic rings. The number of aromatic nitrogens is 1. The van der Waals surface area contributed by atoms with Crippen LogP contribution in [0.4, 0.5) is 11.4 Å². The number of carbonyl (C=O) groups excluding carboxylic acids is 1. The molecule has 1 amide bonds. The van der Waals surface area contributed by atoms with Crippen LogP contribution in [0, 0.1) is 24.0 Å². The molecule has 1 heterocycles. The zero-order valence-electron chi connectivity index (χ0n) is 14.7. The lowest BCUT2D eigenvalue weighted by Gasteiger charge is -2.16. The van der Waals surface area contributed by atoms with Crippen LogP contribution in [0.5, 0.6) is 0 Å². The van der Waals surface area contributed by atoms with Gasteiger partial charge in [-0.2, -0.15) is 0 Å². The summed E-state index contributed by atoms with van der Waals surface area (Å²) in [7, 11) is 0. The highest BCUT2D eigenvalue weighted by molar-refractivity contribution is 5.92. The Morgan fingerprint density at radius 1 is 1.28 bits per heavy atom. The molecule has 2 rings (SSSR count). The third kappa shape index (κ3) is 4.12. The third-order valence-corrected chi connectivity index (χ3v) is 3.97. The molecule has 1 N–H and O–H groups in total. The number of nitrogens with one attached hydrogen (secondary N) is 1. The minimum absolute atomic E-state index is 0.219. The first-order valence-corrected chi connectivity index (χ1v) is 7.95. The number of aryl methyl sites for hydroxylation is 2. The molecule has 0 spiro atoms. The zero-order chi connectivity index (χ0) is 18.7. The summed E-state index contributed by atoms with van der Waals surface area (Å²) >= 11 is 0. The maximum absolute atomic E-state index is 12.4. The van der Waals surface area contributed by atoms with Crippen LogP contribution in [-0.2, 0) is 11.3 Å². The van der Waals surface area contributed by atoms with Crippen LogP contribution in [0.25, 0.3) is 0 Å². The van der Waals surface area contributed by atoms with Gasteiger partial charge in [0.25, 0.3) is 11.2 Å². The second kappa shape index (κ2) is 7.29. The number of rotatable bonds is 5. The van der Waals surface area contributed by atoms with E-state index in [4.69, 9.17) is 0 Å². The van der Waals surface area contributed by atoms with E-state index in [1.54, 1.807) is 0 Å². The second-order valence-electron chi connectivity index (χ2n) is 6.31. The van der Waals surface area contributed by atoms with Crippen molar-refractivity contribution in [1.29, 1.82) is 0 Å². The molecule has 0 saturated carbocycles. The van der Waals surface area contributed by atoms with Gasteiger partial charge in [0.15, 0.2) is 0 Å². The van der Waals surface area contributed by atoms with Gasteiger partial charge in [-0.05, 0) is 30.9 Å². The molecule has 0 radical (unpaired) electrons. The van der Waals surface area contributed by atoms with Crippen molar-refractivity contribution in [2.75, 3.05) is 5.32 Å². The highest BCUT2D eigenvalue weighted by Crippen LogP contribution is 2.27. The normalized spacial score (nSPS) is 10.8. The number of anilines is 1. The summed E-state index contributed by atoms with van der Waals surface area (Å²) in [5.41, 5.74) is 2.22. The van der Waals surface area contributed by atoms with Crippen LogP contribution in [0.15, 0.2) is 35.3 Å². The van der Waals surface area contributed by atoms with Crippen molar-refractivity contribution in [3.63, 3.8) is 0 Å². The van der Waals surface area contributed by atoms with Gasteiger partial charge in [0.2, 0.25) is 5.91 Å². The van der Waals surface area contributed by atoms with Crippen LogP contribution in [-0.4, -0.2) is 15.4 Å². The first-order chi connectivity index (χ1) is 11.7. The summed E-state index contributed by atoms with van der Waals surface area (Å²) in [4.78, 5) is 34.9. The number of para-hydroxylation sites is 1. The van der Waals surface area contributed by atoms with E-state index < -0.39 is 16.4 Å². The van der Waals surface area contributed by atoms with Gasteiger partial charge in [-0.15, -0.1) is 0 Å². The van der Waals surface area contributed by atoms with Crippen LogP contribution in [0.3, 0.4) is 0 Å². The third-order valence-electron chi connectivity index (χ3n) is 3.97. The van der Waals surface area contributed by atoms with E-state index in [-0.39, 0.29) is 23.7 Å². The van der Waals surface area contributed by atoms with Gasteiger partial charge in [0.05, 0.1) is 11.1 Å². The first-order valence-electron chi connectivity index (χ1n) is 7.95. The summed E-state index contributed by atoms with van der Waals surface area (Å²) in [6, 6.07) is 6.96. The van der Waals surface area contributed by atoms with E-state index in [9.17, 15) is 19.7 Å². The largest absolute Gasteiger partial charge is 0.324 e. The second-order valence-corrected chi connectivity index (χ2v) is 6.31. The Morgan fingerprint density at radius 2 is 1.96 bits per heavy atom. The molecule has 0 aliphatic carbocycles. The van der Waals surface area contributed by atoms with E-state index >= 15 is 0 Å². The lowest BCUT2D eigenvalue weighted by atomic mass is 9.98. The van der Waals surface area contributed by atoms with Gasteiger partial charge < -0.3 is 5.32 Å². The summed E-state index contributed by atoms with van der Waals surface area (Å²) in [6.45, 7) is 7.15. The predicted octanol–water partition coefficient (Wildman–Crippen LogP) is 3.14. The van der Waals surface area contributed by atoms with E-state index in [1.165, 1.54) is 13.0 Å². The minimum Gasteiger partial charge on any atom is -0.324 e. The van der Waals surface area contributed by atoms with Crippen molar-refractivity contribution in [2.24, 2.45) is 0 Å². The lowest BCUT2D eigenvalue weighted by Crippen LogP contribution is -2.29. The number of amides is 1. The fourth-order valence-electron chi connectivity index (χ4n) is 2.66. The Morgan fingerprint density at radius 3 is 2.56 bits per heavy atom. The van der Waals surface area contributed by atoms with E-state index in [0.29, 0.717) is 0 Å². The molecule has 0 unspecified atom stereocenters. The number of carbonyl (C=O) groups is 1. The molecule has 25 heavy (non-hydrogen) atoms. The zero-order valence-corrected chi connectivity index (χ0v) is 14.7. The SMILES string of the molecule is Cc1cccc(C(C)C)c1NC(=O)Cn1cc([N+](=O)[O-])cc(C)c1=O. The highest BCUT2D eigenvalue weighted by Gasteiger charge is 2.16. The van der Waals surface area contributed by atoms with Crippen molar-refractivity contribution < 1.29 is 9.72 Å². The molecular formula is C18H21N3O4. The van der Waals surface area contributed by atoms with Crippen molar-refractivity contribution in [3.8, 4) is 0 Å². The molecule has 7 nitrogen and oxygen atoms in total. The number of hydrogen-bond acceptors (Lipinski definition) is 4. The van der Waals surface area contributed by atoms with Gasteiger partial charge in [-0.1, -0.05) is 32.0 Å². The standard InChI is InChI=1S/C18H21N3O4/c1-11(2)15-7-5-6-12(3)17(15)19-16(22)10-20-9-14(21(24)25)8-13(4)18(20)23/h5-9,11H,10H2,1-4H3,(H,19,22). The lowest BCUT2D eigenvalue weighted by molar-refractivity contribution is -0.385. The minimum atomic E-state index is -0.584. The molecule has 1 aromatic carbocycles. The monoisotopic (exact) mass is 343 g/mol. The van der Waals surface area contributed by atoms with Gasteiger partial charge >= 0.3 is 0 Å². The van der Waals surface area contributed by atoms with Crippen LogP contribution in [0.2, 0.25) is 0 Å². The van der Waals surface area contributed by atoms with Crippen molar-refractivity contribution in [2.45, 2.75) is 40.2 Å². The average Bonchev–Trinajstić information content (AvgIpc) is 2.53. The van der Waals surface area contributed by atoms with Crippen LogP contribution in [0.1, 0.15) is 36.5 Å². The molecule has 0 aliphatic rings. The number of hydrogen-bond donors (Lipinski definition) is 1. The maximum Gasteiger partial charge on any atom is 0.286 e. The Labute approximate surface area is 145 Å². The molecule has 7 heteroatoms. The van der Waals surface area contributed by atoms with Gasteiger partial charge in [-0.25, -0.2) is 0 Å². The molecular weight excluding hydrogens is 322 g/mol. The van der Waals surface area contributed by atoms with E-state index in [2.05, 4.69) is 5.32 Å². The number of pyridine rings is 1. The Kier molecular flexibility index (Phi) is 5.36. The number of nitrogens with zero attached hydrogens (tertiary/aromatic N) is 2. The summed E-state index contributed by atoms with van der Waals surface area (Å²) in [5.74, 6) is -0.184.